The summed E-state index contributed by atoms with van der Waals surface area (Å²) in [6, 6.07) is 6.75. The van der Waals surface area contributed by atoms with E-state index in [1.807, 2.05) is 0 Å². The minimum Gasteiger partial charge on any atom is -0.478 e. The van der Waals surface area contributed by atoms with E-state index >= 15 is 0 Å². The van der Waals surface area contributed by atoms with E-state index in [-0.39, 0.29) is 5.97 Å². The van der Waals surface area contributed by atoms with Crippen molar-refractivity contribution in [1.29, 1.82) is 0 Å². The Morgan fingerprint density at radius 1 is 0.719 bits per heavy atom. The molecule has 180 valence electrons. The molecule has 1 aromatic rings. The van der Waals surface area contributed by atoms with Crippen molar-refractivity contribution in [3.05, 3.63) is 41.5 Å². The van der Waals surface area contributed by atoms with Crippen LogP contribution in [0.5, 0.6) is 0 Å². The summed E-state index contributed by atoms with van der Waals surface area (Å²) in [7, 11) is 0. The molecule has 0 amide bonds. The quantitative estimate of drug-likeness (QED) is 0.125. The molecule has 1 aromatic carbocycles. The average Bonchev–Trinajstić information content (AvgIpc) is 2.80. The van der Waals surface area contributed by atoms with Crippen molar-refractivity contribution in [2.75, 3.05) is 6.61 Å². The molecule has 0 aliphatic carbocycles. The van der Waals surface area contributed by atoms with Gasteiger partial charge in [0.25, 0.3) is 0 Å². The highest BCUT2D eigenvalue weighted by atomic mass is 16.5. The van der Waals surface area contributed by atoms with Crippen LogP contribution in [0.15, 0.2) is 30.3 Å². The van der Waals surface area contributed by atoms with E-state index in [1.165, 1.54) is 96.0 Å². The molecule has 0 aliphatic rings. The van der Waals surface area contributed by atoms with Gasteiger partial charge in [0, 0.05) is 6.08 Å². The van der Waals surface area contributed by atoms with E-state index in [4.69, 9.17) is 9.84 Å². The first-order chi connectivity index (χ1) is 15.6. The standard InChI is InChI=1S/C28H44O4/c1-2-3-4-5-6-7-8-9-10-11-12-13-14-15-16-17-24-32-28(31)26-21-18-25(19-22-26)20-23-27(29)30/h18-23H,2-17,24H2,1H3,(H,29,30)/b23-20+. The van der Waals surface area contributed by atoms with Crippen LogP contribution in [0.25, 0.3) is 6.08 Å². The number of carboxylic acid groups (broad SMARTS) is 1. The number of carbonyl (C=O) groups is 2. The van der Waals surface area contributed by atoms with Gasteiger partial charge in [-0.05, 0) is 30.2 Å². The summed E-state index contributed by atoms with van der Waals surface area (Å²) in [5, 5.41) is 8.63. The van der Waals surface area contributed by atoms with Gasteiger partial charge in [-0.3, -0.25) is 0 Å². The predicted octanol–water partition coefficient (Wildman–Crippen LogP) is 8.20. The number of hydrogen-bond donors (Lipinski definition) is 1. The second-order valence-electron chi connectivity index (χ2n) is 8.73. The van der Waals surface area contributed by atoms with Crippen LogP contribution in [-0.2, 0) is 9.53 Å². The van der Waals surface area contributed by atoms with Crippen molar-refractivity contribution in [2.45, 2.75) is 110 Å². The zero-order chi connectivity index (χ0) is 23.3. The predicted molar refractivity (Wildman–Crippen MR) is 133 cm³/mol. The van der Waals surface area contributed by atoms with Gasteiger partial charge in [-0.2, -0.15) is 0 Å². The maximum absolute atomic E-state index is 12.0. The molecule has 1 N–H and O–H groups in total. The zero-order valence-electron chi connectivity index (χ0n) is 20.2. The first-order valence-corrected chi connectivity index (χ1v) is 12.8. The van der Waals surface area contributed by atoms with Crippen LogP contribution in [0.2, 0.25) is 0 Å². The zero-order valence-corrected chi connectivity index (χ0v) is 20.2. The number of carbonyl (C=O) groups excluding carboxylic acids is 1. The maximum atomic E-state index is 12.0. The van der Waals surface area contributed by atoms with Gasteiger partial charge in [0.05, 0.1) is 12.2 Å². The molecular weight excluding hydrogens is 400 g/mol. The molecule has 0 unspecified atom stereocenters. The maximum Gasteiger partial charge on any atom is 0.338 e. The van der Waals surface area contributed by atoms with Crippen molar-refractivity contribution in [3.8, 4) is 0 Å². The second kappa shape index (κ2) is 19.6. The fraction of sp³-hybridized carbons (Fsp3) is 0.643. The number of hydrogen-bond acceptors (Lipinski definition) is 3. The van der Waals surface area contributed by atoms with Gasteiger partial charge in [-0.1, -0.05) is 115 Å². The molecule has 0 saturated heterocycles. The normalized spacial score (nSPS) is 11.2. The molecule has 0 atom stereocenters. The molecule has 0 saturated carbocycles. The number of esters is 1. The summed E-state index contributed by atoms with van der Waals surface area (Å²) in [5.74, 6) is -1.31. The van der Waals surface area contributed by atoms with E-state index < -0.39 is 5.97 Å². The molecular formula is C28H44O4. The lowest BCUT2D eigenvalue weighted by Crippen LogP contribution is -2.06. The largest absolute Gasteiger partial charge is 0.478 e. The van der Waals surface area contributed by atoms with Gasteiger partial charge in [0.15, 0.2) is 0 Å². The summed E-state index contributed by atoms with van der Waals surface area (Å²) in [5.41, 5.74) is 1.23. The molecule has 0 spiro atoms. The van der Waals surface area contributed by atoms with Gasteiger partial charge in [-0.15, -0.1) is 0 Å². The number of aliphatic carboxylic acids is 1. The Hall–Kier alpha value is -2.10. The molecule has 4 heteroatoms. The third-order valence-electron chi connectivity index (χ3n) is 5.80. The van der Waals surface area contributed by atoms with Crippen LogP contribution in [0.4, 0.5) is 0 Å². The van der Waals surface area contributed by atoms with Gasteiger partial charge in [0.1, 0.15) is 0 Å². The summed E-state index contributed by atoms with van der Waals surface area (Å²) < 4.78 is 5.33. The van der Waals surface area contributed by atoms with Crippen LogP contribution in [0.1, 0.15) is 126 Å². The monoisotopic (exact) mass is 444 g/mol. The van der Waals surface area contributed by atoms with Crippen molar-refractivity contribution < 1.29 is 19.4 Å². The molecule has 0 radical (unpaired) electrons. The first kappa shape index (κ1) is 27.9. The van der Waals surface area contributed by atoms with E-state index in [9.17, 15) is 9.59 Å². The highest BCUT2D eigenvalue weighted by Gasteiger charge is 2.06. The summed E-state index contributed by atoms with van der Waals surface area (Å²) >= 11 is 0. The minimum absolute atomic E-state index is 0.320. The molecule has 0 aliphatic heterocycles. The minimum atomic E-state index is -0.993. The highest BCUT2D eigenvalue weighted by molar-refractivity contribution is 5.90. The fourth-order valence-electron chi connectivity index (χ4n) is 3.80. The van der Waals surface area contributed by atoms with E-state index in [0.29, 0.717) is 12.2 Å². The molecule has 1 rings (SSSR count). The number of benzene rings is 1. The Bertz CT molecular complexity index is 633. The SMILES string of the molecule is CCCCCCCCCCCCCCCCCCOC(=O)c1ccc(/C=C/C(=O)O)cc1. The van der Waals surface area contributed by atoms with Crippen LogP contribution >= 0.6 is 0 Å². The van der Waals surface area contributed by atoms with E-state index in [1.54, 1.807) is 24.3 Å². The molecule has 4 nitrogen and oxygen atoms in total. The number of unbranched alkanes of at least 4 members (excludes halogenated alkanes) is 15. The van der Waals surface area contributed by atoms with Crippen molar-refractivity contribution in [1.82, 2.24) is 0 Å². The second-order valence-corrected chi connectivity index (χ2v) is 8.73. The topological polar surface area (TPSA) is 63.6 Å². The molecule has 32 heavy (non-hydrogen) atoms. The van der Waals surface area contributed by atoms with Crippen LogP contribution in [0, 0.1) is 0 Å². The summed E-state index contributed by atoms with van der Waals surface area (Å²) in [6.07, 6.45) is 23.7. The first-order valence-electron chi connectivity index (χ1n) is 12.8. The van der Waals surface area contributed by atoms with Gasteiger partial charge in [-0.25, -0.2) is 9.59 Å². The Kier molecular flexibility index (Phi) is 17.1. The van der Waals surface area contributed by atoms with E-state index in [2.05, 4.69) is 6.92 Å². The van der Waals surface area contributed by atoms with Crippen molar-refractivity contribution in [3.63, 3.8) is 0 Å². The Labute approximate surface area is 195 Å². The van der Waals surface area contributed by atoms with Gasteiger partial charge in [0.2, 0.25) is 0 Å². The Balaban J connectivity index is 1.90. The highest BCUT2D eigenvalue weighted by Crippen LogP contribution is 2.14. The molecule has 0 bridgehead atoms. The van der Waals surface area contributed by atoms with Crippen molar-refractivity contribution >= 4 is 18.0 Å². The van der Waals surface area contributed by atoms with Gasteiger partial charge >= 0.3 is 11.9 Å². The fourth-order valence-corrected chi connectivity index (χ4v) is 3.80. The number of ether oxygens (including phenoxy) is 1. The smallest absolute Gasteiger partial charge is 0.338 e. The lowest BCUT2D eigenvalue weighted by atomic mass is 10.0. The van der Waals surface area contributed by atoms with Gasteiger partial charge < -0.3 is 9.84 Å². The lowest BCUT2D eigenvalue weighted by molar-refractivity contribution is -0.131. The lowest BCUT2D eigenvalue weighted by Gasteiger charge is -2.06. The third kappa shape index (κ3) is 15.7. The molecule has 0 fully saturated rings. The third-order valence-corrected chi connectivity index (χ3v) is 5.80. The van der Waals surface area contributed by atoms with E-state index in [0.717, 1.165) is 24.5 Å². The Morgan fingerprint density at radius 3 is 1.59 bits per heavy atom. The molecule has 0 aromatic heterocycles. The Morgan fingerprint density at radius 2 is 1.16 bits per heavy atom. The van der Waals surface area contributed by atoms with Crippen LogP contribution < -0.4 is 0 Å². The number of rotatable bonds is 20. The molecule has 0 heterocycles. The number of carboxylic acids is 1. The average molecular weight is 445 g/mol. The van der Waals surface area contributed by atoms with Crippen LogP contribution in [-0.4, -0.2) is 23.7 Å². The summed E-state index contributed by atoms with van der Waals surface area (Å²) in [6.45, 7) is 2.73. The summed E-state index contributed by atoms with van der Waals surface area (Å²) in [4.78, 5) is 22.6. The van der Waals surface area contributed by atoms with Crippen molar-refractivity contribution in [2.24, 2.45) is 0 Å². The van der Waals surface area contributed by atoms with Crippen LogP contribution in [0.3, 0.4) is 0 Å².